The molecule has 2 aromatic rings. The SMILES string of the molecule is COc1cc2[nH]c3c(c2cc1OC)CCC3=O. The Bertz CT molecular complexity index is 613. The summed E-state index contributed by atoms with van der Waals surface area (Å²) in [6.45, 7) is 0. The lowest BCUT2D eigenvalue weighted by Crippen LogP contribution is -1.92. The van der Waals surface area contributed by atoms with Crippen molar-refractivity contribution in [1.82, 2.24) is 4.98 Å². The maximum atomic E-state index is 11.7. The van der Waals surface area contributed by atoms with E-state index in [4.69, 9.17) is 9.47 Å². The molecule has 1 aliphatic carbocycles. The van der Waals surface area contributed by atoms with Gasteiger partial charge in [-0.2, -0.15) is 0 Å². The number of aryl methyl sites for hydroxylation is 1. The van der Waals surface area contributed by atoms with E-state index in [0.717, 1.165) is 28.6 Å². The maximum Gasteiger partial charge on any atom is 0.179 e. The third kappa shape index (κ3) is 1.33. The number of aromatic nitrogens is 1. The zero-order chi connectivity index (χ0) is 12.0. The van der Waals surface area contributed by atoms with Gasteiger partial charge < -0.3 is 14.5 Å². The van der Waals surface area contributed by atoms with Gasteiger partial charge in [0.2, 0.25) is 0 Å². The summed E-state index contributed by atoms with van der Waals surface area (Å²) in [5.41, 5.74) is 2.78. The standard InChI is InChI=1S/C13H13NO3/c1-16-11-5-8-7-3-4-10(15)13(7)14-9(8)6-12(11)17-2/h5-6,14H,3-4H2,1-2H3. The smallest absolute Gasteiger partial charge is 0.179 e. The molecule has 1 aromatic heterocycles. The van der Waals surface area contributed by atoms with E-state index in [9.17, 15) is 4.79 Å². The molecule has 0 amide bonds. The van der Waals surface area contributed by atoms with E-state index < -0.39 is 0 Å². The number of Topliss-reactive ketones (excluding diaryl/α,β-unsaturated/α-hetero) is 1. The second-order valence-corrected chi connectivity index (χ2v) is 4.15. The van der Waals surface area contributed by atoms with E-state index in [1.807, 2.05) is 12.1 Å². The van der Waals surface area contributed by atoms with Crippen molar-refractivity contribution in [1.29, 1.82) is 0 Å². The van der Waals surface area contributed by atoms with Gasteiger partial charge in [0.1, 0.15) is 0 Å². The van der Waals surface area contributed by atoms with E-state index in [-0.39, 0.29) is 5.78 Å². The second kappa shape index (κ2) is 3.52. The highest BCUT2D eigenvalue weighted by molar-refractivity contribution is 6.06. The monoisotopic (exact) mass is 231 g/mol. The summed E-state index contributed by atoms with van der Waals surface area (Å²) < 4.78 is 10.5. The van der Waals surface area contributed by atoms with E-state index in [1.165, 1.54) is 0 Å². The van der Waals surface area contributed by atoms with Gasteiger partial charge in [0.25, 0.3) is 0 Å². The molecule has 0 spiro atoms. The Morgan fingerprint density at radius 1 is 1.12 bits per heavy atom. The van der Waals surface area contributed by atoms with Crippen molar-refractivity contribution in [2.75, 3.05) is 14.2 Å². The minimum atomic E-state index is 0.189. The Hall–Kier alpha value is -1.97. The van der Waals surface area contributed by atoms with Crippen molar-refractivity contribution in [3.8, 4) is 11.5 Å². The van der Waals surface area contributed by atoms with Gasteiger partial charge in [-0.05, 0) is 18.1 Å². The molecule has 1 N–H and O–H groups in total. The van der Waals surface area contributed by atoms with Gasteiger partial charge in [-0.15, -0.1) is 0 Å². The Morgan fingerprint density at radius 2 is 1.82 bits per heavy atom. The van der Waals surface area contributed by atoms with E-state index in [1.54, 1.807) is 14.2 Å². The fourth-order valence-electron chi connectivity index (χ4n) is 2.44. The van der Waals surface area contributed by atoms with Crippen LogP contribution in [0.5, 0.6) is 11.5 Å². The maximum absolute atomic E-state index is 11.7. The number of carbonyl (C=O) groups is 1. The summed E-state index contributed by atoms with van der Waals surface area (Å²) in [7, 11) is 3.22. The number of rotatable bonds is 2. The van der Waals surface area contributed by atoms with Crippen molar-refractivity contribution < 1.29 is 14.3 Å². The van der Waals surface area contributed by atoms with Crippen LogP contribution in [0.2, 0.25) is 0 Å². The molecule has 0 saturated carbocycles. The lowest BCUT2D eigenvalue weighted by molar-refractivity contribution is 0.0990. The fraction of sp³-hybridized carbons (Fsp3) is 0.308. The first kappa shape index (κ1) is 10.2. The molecule has 0 saturated heterocycles. The largest absolute Gasteiger partial charge is 0.493 e. The minimum absolute atomic E-state index is 0.189. The second-order valence-electron chi connectivity index (χ2n) is 4.15. The Labute approximate surface area is 98.5 Å². The third-order valence-electron chi connectivity index (χ3n) is 3.29. The third-order valence-corrected chi connectivity index (χ3v) is 3.29. The number of carbonyl (C=O) groups excluding carboxylic acids is 1. The lowest BCUT2D eigenvalue weighted by atomic mass is 10.1. The first-order chi connectivity index (χ1) is 8.24. The van der Waals surface area contributed by atoms with Crippen LogP contribution < -0.4 is 9.47 Å². The van der Waals surface area contributed by atoms with Gasteiger partial charge in [0.05, 0.1) is 25.4 Å². The quantitative estimate of drug-likeness (QED) is 0.862. The molecule has 0 atom stereocenters. The van der Waals surface area contributed by atoms with Crippen LogP contribution in [0.25, 0.3) is 10.9 Å². The molecule has 0 bridgehead atoms. The molecule has 3 rings (SSSR count). The lowest BCUT2D eigenvalue weighted by Gasteiger charge is -2.07. The fourth-order valence-corrected chi connectivity index (χ4v) is 2.44. The summed E-state index contributed by atoms with van der Waals surface area (Å²) in [5, 5.41) is 1.06. The topological polar surface area (TPSA) is 51.3 Å². The van der Waals surface area contributed by atoms with E-state index >= 15 is 0 Å². The number of ketones is 1. The number of aromatic amines is 1. The van der Waals surface area contributed by atoms with Crippen LogP contribution >= 0.6 is 0 Å². The molecule has 0 unspecified atom stereocenters. The van der Waals surface area contributed by atoms with Gasteiger partial charge in [0, 0.05) is 17.9 Å². The summed E-state index contributed by atoms with van der Waals surface area (Å²) in [5.74, 6) is 1.56. The molecule has 1 aromatic carbocycles. The molecular formula is C13H13NO3. The van der Waals surface area contributed by atoms with Crippen LogP contribution in [0.1, 0.15) is 22.5 Å². The number of nitrogens with one attached hydrogen (secondary N) is 1. The van der Waals surface area contributed by atoms with Gasteiger partial charge in [-0.3, -0.25) is 4.79 Å². The first-order valence-electron chi connectivity index (χ1n) is 5.54. The Balaban J connectivity index is 2.30. The van der Waals surface area contributed by atoms with Crippen molar-refractivity contribution in [2.45, 2.75) is 12.8 Å². The molecule has 17 heavy (non-hydrogen) atoms. The minimum Gasteiger partial charge on any atom is -0.493 e. The predicted molar refractivity (Wildman–Crippen MR) is 64.1 cm³/mol. The summed E-state index contributed by atoms with van der Waals surface area (Å²) in [4.78, 5) is 14.8. The van der Waals surface area contributed by atoms with Gasteiger partial charge >= 0.3 is 0 Å². The molecule has 0 radical (unpaired) electrons. The van der Waals surface area contributed by atoms with Crippen LogP contribution in [0.4, 0.5) is 0 Å². The van der Waals surface area contributed by atoms with Crippen LogP contribution in [0, 0.1) is 0 Å². The van der Waals surface area contributed by atoms with Crippen molar-refractivity contribution >= 4 is 16.7 Å². The number of H-pyrrole nitrogens is 1. The average molecular weight is 231 g/mol. The predicted octanol–water partition coefficient (Wildman–Crippen LogP) is 2.31. The first-order valence-corrected chi connectivity index (χ1v) is 5.54. The van der Waals surface area contributed by atoms with Crippen molar-refractivity contribution in [2.24, 2.45) is 0 Å². The molecule has 1 aliphatic rings. The highest BCUT2D eigenvalue weighted by atomic mass is 16.5. The Morgan fingerprint density at radius 3 is 2.53 bits per heavy atom. The zero-order valence-corrected chi connectivity index (χ0v) is 9.79. The normalized spacial score (nSPS) is 14.1. The summed E-state index contributed by atoms with van der Waals surface area (Å²) in [6, 6.07) is 3.81. The number of fused-ring (bicyclic) bond motifs is 3. The number of methoxy groups -OCH3 is 2. The summed E-state index contributed by atoms with van der Waals surface area (Å²) in [6.07, 6.45) is 1.41. The van der Waals surface area contributed by atoms with Crippen LogP contribution in [0.15, 0.2) is 12.1 Å². The highest BCUT2D eigenvalue weighted by Crippen LogP contribution is 2.37. The zero-order valence-electron chi connectivity index (χ0n) is 9.79. The molecule has 1 heterocycles. The van der Waals surface area contributed by atoms with Crippen LogP contribution in [0.3, 0.4) is 0 Å². The molecule has 4 heteroatoms. The van der Waals surface area contributed by atoms with E-state index in [0.29, 0.717) is 17.9 Å². The summed E-state index contributed by atoms with van der Waals surface area (Å²) >= 11 is 0. The Kier molecular flexibility index (Phi) is 2.11. The van der Waals surface area contributed by atoms with Crippen molar-refractivity contribution in [3.63, 3.8) is 0 Å². The molecule has 0 fully saturated rings. The van der Waals surface area contributed by atoms with Gasteiger partial charge in [-0.25, -0.2) is 0 Å². The van der Waals surface area contributed by atoms with E-state index in [2.05, 4.69) is 4.98 Å². The van der Waals surface area contributed by atoms with Crippen molar-refractivity contribution in [3.05, 3.63) is 23.4 Å². The number of hydrogen-bond acceptors (Lipinski definition) is 3. The number of ether oxygens (including phenoxy) is 2. The molecular weight excluding hydrogens is 218 g/mol. The average Bonchev–Trinajstić information content (AvgIpc) is 2.87. The number of hydrogen-bond donors (Lipinski definition) is 1. The highest BCUT2D eigenvalue weighted by Gasteiger charge is 2.25. The molecule has 88 valence electrons. The van der Waals surface area contributed by atoms with Crippen LogP contribution in [-0.4, -0.2) is 25.0 Å². The molecule has 0 aliphatic heterocycles. The molecule has 4 nitrogen and oxygen atoms in total. The van der Waals surface area contributed by atoms with Crippen LogP contribution in [-0.2, 0) is 6.42 Å². The van der Waals surface area contributed by atoms with Gasteiger partial charge in [0.15, 0.2) is 17.3 Å². The number of benzene rings is 1. The van der Waals surface area contributed by atoms with Gasteiger partial charge in [-0.1, -0.05) is 0 Å².